The van der Waals surface area contributed by atoms with Gasteiger partial charge >= 0.3 is 8.25 Å². The summed E-state index contributed by atoms with van der Waals surface area (Å²) in [6, 6.07) is 7.55. The molecule has 1 aliphatic heterocycles. The van der Waals surface area contributed by atoms with Crippen molar-refractivity contribution in [3.05, 3.63) is 24.3 Å². The Labute approximate surface area is 130 Å². The van der Waals surface area contributed by atoms with Crippen LogP contribution in [-0.2, 0) is 19.1 Å². The molecule has 0 bridgehead atoms. The maximum absolute atomic E-state index is 11.9. The molecule has 1 heterocycles. The SMILES string of the molecule is COc1ccc(N2CCN(S(=O)(=O)CO[PH](=O)O)CC2)cc1. The smallest absolute Gasteiger partial charge is 0.317 e. The molecule has 22 heavy (non-hydrogen) atoms. The maximum Gasteiger partial charge on any atom is 0.317 e. The lowest BCUT2D eigenvalue weighted by Crippen LogP contribution is -2.49. The van der Waals surface area contributed by atoms with Crippen LogP contribution in [0.1, 0.15) is 0 Å². The molecule has 1 aromatic carbocycles. The Morgan fingerprint density at radius 3 is 2.27 bits per heavy atom. The Morgan fingerprint density at radius 1 is 1.18 bits per heavy atom. The van der Waals surface area contributed by atoms with Gasteiger partial charge in [-0.3, -0.25) is 9.09 Å². The average Bonchev–Trinajstić information content (AvgIpc) is 2.53. The van der Waals surface area contributed by atoms with E-state index in [1.807, 2.05) is 24.3 Å². The van der Waals surface area contributed by atoms with Crippen LogP contribution in [0.15, 0.2) is 24.3 Å². The summed E-state index contributed by atoms with van der Waals surface area (Å²) in [6.45, 7) is 1.70. The molecule has 0 spiro atoms. The van der Waals surface area contributed by atoms with Crippen LogP contribution in [0, 0.1) is 0 Å². The van der Waals surface area contributed by atoms with Gasteiger partial charge in [0, 0.05) is 31.9 Å². The normalized spacial score (nSPS) is 18.2. The molecule has 1 aliphatic rings. The molecular formula is C12H19N2O6PS. The van der Waals surface area contributed by atoms with Crippen LogP contribution >= 0.6 is 8.25 Å². The first-order chi connectivity index (χ1) is 10.4. The minimum atomic E-state index is -3.66. The summed E-state index contributed by atoms with van der Waals surface area (Å²) < 4.78 is 45.1. The highest BCUT2D eigenvalue weighted by molar-refractivity contribution is 7.89. The van der Waals surface area contributed by atoms with Crippen LogP contribution in [0.25, 0.3) is 0 Å². The molecular weight excluding hydrogens is 331 g/mol. The highest BCUT2D eigenvalue weighted by Gasteiger charge is 2.27. The van der Waals surface area contributed by atoms with Gasteiger partial charge < -0.3 is 14.5 Å². The molecule has 1 fully saturated rings. The summed E-state index contributed by atoms with van der Waals surface area (Å²) in [4.78, 5) is 10.6. The van der Waals surface area contributed by atoms with Crippen molar-refractivity contribution >= 4 is 24.0 Å². The number of benzene rings is 1. The molecule has 124 valence electrons. The molecule has 10 heteroatoms. The fourth-order valence-corrected chi connectivity index (χ4v) is 4.08. The third-order valence-corrected chi connectivity index (χ3v) is 5.57. The first kappa shape index (κ1) is 17.2. The number of nitrogens with zero attached hydrogens (tertiary/aromatic N) is 2. The zero-order valence-electron chi connectivity index (χ0n) is 12.1. The zero-order valence-corrected chi connectivity index (χ0v) is 14.0. The van der Waals surface area contributed by atoms with E-state index in [1.54, 1.807) is 7.11 Å². The van der Waals surface area contributed by atoms with E-state index in [2.05, 4.69) is 9.42 Å². The molecule has 8 nitrogen and oxygen atoms in total. The van der Waals surface area contributed by atoms with Gasteiger partial charge in [0.05, 0.1) is 7.11 Å². The van der Waals surface area contributed by atoms with Crippen LogP contribution in [-0.4, -0.2) is 56.8 Å². The molecule has 0 radical (unpaired) electrons. The second-order valence-electron chi connectivity index (χ2n) is 4.72. The molecule has 0 saturated carbocycles. The Hall–Kier alpha value is -1.12. The van der Waals surface area contributed by atoms with E-state index >= 15 is 0 Å². The second kappa shape index (κ2) is 7.43. The average molecular weight is 350 g/mol. The summed E-state index contributed by atoms with van der Waals surface area (Å²) in [5.41, 5.74) is 0.995. The predicted octanol–water partition coefficient (Wildman–Crippen LogP) is 0.503. The van der Waals surface area contributed by atoms with Gasteiger partial charge in [-0.2, -0.15) is 4.31 Å². The predicted molar refractivity (Wildman–Crippen MR) is 82.9 cm³/mol. The van der Waals surface area contributed by atoms with Crippen LogP contribution in [0.5, 0.6) is 5.75 Å². The Morgan fingerprint density at radius 2 is 1.77 bits per heavy atom. The van der Waals surface area contributed by atoms with Crippen LogP contribution in [0.2, 0.25) is 0 Å². The quantitative estimate of drug-likeness (QED) is 0.747. The van der Waals surface area contributed by atoms with Gasteiger partial charge in [-0.15, -0.1) is 0 Å². The number of hydrogen-bond donors (Lipinski definition) is 1. The number of ether oxygens (including phenoxy) is 1. The van der Waals surface area contributed by atoms with E-state index < -0.39 is 24.2 Å². The van der Waals surface area contributed by atoms with Gasteiger partial charge in [-0.25, -0.2) is 8.42 Å². The largest absolute Gasteiger partial charge is 0.497 e. The van der Waals surface area contributed by atoms with Crippen molar-refractivity contribution in [3.63, 3.8) is 0 Å². The Balaban J connectivity index is 1.93. The monoisotopic (exact) mass is 350 g/mol. The third kappa shape index (κ3) is 4.44. The van der Waals surface area contributed by atoms with Crippen molar-refractivity contribution in [3.8, 4) is 5.75 Å². The summed E-state index contributed by atoms with van der Waals surface area (Å²) in [5, 5.41) is 0. The topological polar surface area (TPSA) is 96.4 Å². The third-order valence-electron chi connectivity index (χ3n) is 3.40. The molecule has 1 aromatic rings. The molecule has 1 N–H and O–H groups in total. The van der Waals surface area contributed by atoms with E-state index in [1.165, 1.54) is 4.31 Å². The molecule has 1 atom stereocenters. The molecule has 0 amide bonds. The number of rotatable bonds is 6. The summed E-state index contributed by atoms with van der Waals surface area (Å²) in [5.74, 6) is 0.00504. The van der Waals surface area contributed by atoms with Crippen molar-refractivity contribution in [2.45, 2.75) is 0 Å². The van der Waals surface area contributed by atoms with Gasteiger partial charge in [0.25, 0.3) is 0 Å². The second-order valence-corrected chi connectivity index (χ2v) is 7.46. The summed E-state index contributed by atoms with van der Waals surface area (Å²) in [7, 11) is -5.31. The first-order valence-corrected chi connectivity index (χ1v) is 9.52. The van der Waals surface area contributed by atoms with Crippen LogP contribution in [0.4, 0.5) is 5.69 Å². The Bertz CT molecular complexity index is 613. The highest BCUT2D eigenvalue weighted by Crippen LogP contribution is 2.22. The molecule has 1 saturated heterocycles. The molecule has 1 unspecified atom stereocenters. The van der Waals surface area contributed by atoms with E-state index in [0.717, 1.165) is 11.4 Å². The first-order valence-electron chi connectivity index (χ1n) is 6.65. The van der Waals surface area contributed by atoms with Crippen molar-refractivity contribution in [1.29, 1.82) is 0 Å². The lowest BCUT2D eigenvalue weighted by atomic mass is 10.2. The maximum atomic E-state index is 11.9. The Kier molecular flexibility index (Phi) is 5.82. The van der Waals surface area contributed by atoms with Crippen LogP contribution < -0.4 is 9.64 Å². The summed E-state index contributed by atoms with van der Waals surface area (Å²) in [6.07, 6.45) is 0. The fourth-order valence-electron chi connectivity index (χ4n) is 2.22. The van der Waals surface area contributed by atoms with Crippen LogP contribution in [0.3, 0.4) is 0 Å². The van der Waals surface area contributed by atoms with Crippen molar-refractivity contribution < 1.29 is 27.1 Å². The van der Waals surface area contributed by atoms with Gasteiger partial charge in [0.15, 0.2) is 5.94 Å². The van der Waals surface area contributed by atoms with Gasteiger partial charge in [-0.05, 0) is 24.3 Å². The fraction of sp³-hybridized carbons (Fsp3) is 0.500. The van der Waals surface area contributed by atoms with Gasteiger partial charge in [0.1, 0.15) is 5.75 Å². The van der Waals surface area contributed by atoms with E-state index in [4.69, 9.17) is 9.63 Å². The van der Waals surface area contributed by atoms with E-state index in [9.17, 15) is 13.0 Å². The summed E-state index contributed by atoms with van der Waals surface area (Å²) >= 11 is 0. The van der Waals surface area contributed by atoms with Gasteiger partial charge in [0.2, 0.25) is 10.0 Å². The number of hydrogen-bond acceptors (Lipinski definition) is 6. The minimum absolute atomic E-state index is 0.310. The van der Waals surface area contributed by atoms with E-state index in [0.29, 0.717) is 26.2 Å². The van der Waals surface area contributed by atoms with Crippen molar-refractivity contribution in [2.75, 3.05) is 44.1 Å². The number of methoxy groups -OCH3 is 1. The standard InChI is InChI=1S/C12H19N2O6PS/c1-19-12-4-2-11(3-5-12)13-6-8-14(9-7-13)22(17,18)10-20-21(15)16/h2-5,21H,6-10H2,1H3,(H,15,16). The number of anilines is 1. The number of sulfonamides is 1. The molecule has 2 rings (SSSR count). The van der Waals surface area contributed by atoms with Gasteiger partial charge in [-0.1, -0.05) is 0 Å². The zero-order chi connectivity index (χ0) is 16.2. The van der Waals surface area contributed by atoms with Crippen molar-refractivity contribution in [1.82, 2.24) is 4.31 Å². The molecule has 0 aliphatic carbocycles. The molecule has 0 aromatic heterocycles. The minimum Gasteiger partial charge on any atom is -0.497 e. The van der Waals surface area contributed by atoms with Crippen molar-refractivity contribution in [2.24, 2.45) is 0 Å². The lowest BCUT2D eigenvalue weighted by molar-refractivity contribution is 0.305. The highest BCUT2D eigenvalue weighted by atomic mass is 32.2. The lowest BCUT2D eigenvalue weighted by Gasteiger charge is -2.35. The number of piperazine rings is 1. The van der Waals surface area contributed by atoms with E-state index in [-0.39, 0.29) is 0 Å².